The second kappa shape index (κ2) is 8.66. The van der Waals surface area contributed by atoms with Crippen molar-refractivity contribution in [2.75, 3.05) is 0 Å². The van der Waals surface area contributed by atoms with Gasteiger partial charge in [-0.3, -0.25) is 14.3 Å². The van der Waals surface area contributed by atoms with Gasteiger partial charge >= 0.3 is 5.69 Å². The lowest BCUT2D eigenvalue weighted by Crippen LogP contribution is -2.31. The molecule has 1 N–H and O–H groups in total. The van der Waals surface area contributed by atoms with Crippen LogP contribution in [0.2, 0.25) is 0 Å². The number of aromatic nitrogens is 8. The van der Waals surface area contributed by atoms with Crippen LogP contribution in [0, 0.1) is 0 Å². The zero-order valence-electron chi connectivity index (χ0n) is 16.8. The standard InChI is InChI=1S/C19H22N8O2S/c1-3-4-10-26-14(12-30-19-22-23-24-25(19)2)20-16-15(26)17(28)21-18(29)27(16)11-13-8-6-5-7-9-13/h5-9H,3-4,10-12H2,1-2H3,(H,21,28,29). The van der Waals surface area contributed by atoms with Crippen LogP contribution in [0.5, 0.6) is 0 Å². The molecule has 0 radical (unpaired) electrons. The average molecular weight is 427 g/mol. The van der Waals surface area contributed by atoms with Crippen LogP contribution in [-0.4, -0.2) is 39.3 Å². The number of nitrogens with one attached hydrogen (secondary N) is 1. The molecule has 3 heterocycles. The monoisotopic (exact) mass is 426 g/mol. The molecule has 4 aromatic rings. The lowest BCUT2D eigenvalue weighted by atomic mass is 10.2. The van der Waals surface area contributed by atoms with Crippen molar-refractivity contribution >= 4 is 22.9 Å². The Bertz CT molecular complexity index is 1270. The molecule has 0 saturated carbocycles. The summed E-state index contributed by atoms with van der Waals surface area (Å²) in [5.41, 5.74) is 0.894. The van der Waals surface area contributed by atoms with Crippen LogP contribution in [0.1, 0.15) is 31.2 Å². The summed E-state index contributed by atoms with van der Waals surface area (Å²) in [6.07, 6.45) is 1.87. The van der Waals surface area contributed by atoms with Crippen molar-refractivity contribution in [3.8, 4) is 0 Å². The fourth-order valence-electron chi connectivity index (χ4n) is 3.27. The molecule has 0 saturated heterocycles. The Hall–Kier alpha value is -3.21. The fraction of sp³-hybridized carbons (Fsp3) is 0.368. The van der Waals surface area contributed by atoms with E-state index in [2.05, 4.69) is 27.4 Å². The van der Waals surface area contributed by atoms with Gasteiger partial charge in [0, 0.05) is 13.6 Å². The minimum Gasteiger partial charge on any atom is -0.321 e. The Labute approximate surface area is 175 Å². The number of rotatable bonds is 8. The topological polar surface area (TPSA) is 116 Å². The average Bonchev–Trinajstić information content (AvgIpc) is 3.32. The molecule has 0 aliphatic carbocycles. The van der Waals surface area contributed by atoms with Gasteiger partial charge in [-0.1, -0.05) is 55.4 Å². The third-order valence-corrected chi connectivity index (χ3v) is 5.80. The summed E-state index contributed by atoms with van der Waals surface area (Å²) in [4.78, 5) is 32.5. The first kappa shape index (κ1) is 20.1. The van der Waals surface area contributed by atoms with E-state index in [1.54, 1.807) is 11.7 Å². The highest BCUT2D eigenvalue weighted by atomic mass is 32.2. The molecule has 11 heteroatoms. The Morgan fingerprint density at radius 3 is 2.63 bits per heavy atom. The van der Waals surface area contributed by atoms with E-state index in [4.69, 9.17) is 4.98 Å². The van der Waals surface area contributed by atoms with Crippen molar-refractivity contribution < 1.29 is 0 Å². The van der Waals surface area contributed by atoms with Crippen LogP contribution >= 0.6 is 11.8 Å². The maximum Gasteiger partial charge on any atom is 0.330 e. The molecule has 4 rings (SSSR count). The minimum absolute atomic E-state index is 0.331. The molecule has 0 aliphatic heterocycles. The lowest BCUT2D eigenvalue weighted by molar-refractivity contribution is 0.625. The van der Waals surface area contributed by atoms with Gasteiger partial charge < -0.3 is 4.57 Å². The first-order valence-corrected chi connectivity index (χ1v) is 10.7. The smallest absolute Gasteiger partial charge is 0.321 e. The molecule has 30 heavy (non-hydrogen) atoms. The maximum atomic E-state index is 12.7. The quantitative estimate of drug-likeness (QED) is 0.425. The Kier molecular flexibility index (Phi) is 5.79. The predicted octanol–water partition coefficient (Wildman–Crippen LogP) is 1.55. The number of tetrazole rings is 1. The summed E-state index contributed by atoms with van der Waals surface area (Å²) in [6, 6.07) is 9.63. The van der Waals surface area contributed by atoms with Crippen molar-refractivity contribution in [1.29, 1.82) is 0 Å². The van der Waals surface area contributed by atoms with E-state index in [0.717, 1.165) is 18.4 Å². The van der Waals surface area contributed by atoms with Crippen LogP contribution in [-0.2, 0) is 25.9 Å². The molecule has 1 aromatic carbocycles. The van der Waals surface area contributed by atoms with E-state index in [0.29, 0.717) is 41.0 Å². The third kappa shape index (κ3) is 3.92. The van der Waals surface area contributed by atoms with Gasteiger partial charge in [0.2, 0.25) is 5.16 Å². The molecule has 156 valence electrons. The van der Waals surface area contributed by atoms with E-state index in [1.807, 2.05) is 34.9 Å². The molecule has 0 amide bonds. The predicted molar refractivity (Wildman–Crippen MR) is 113 cm³/mol. The lowest BCUT2D eigenvalue weighted by Gasteiger charge is -2.08. The van der Waals surface area contributed by atoms with E-state index >= 15 is 0 Å². The molecule has 0 fully saturated rings. The number of aryl methyl sites for hydroxylation is 2. The van der Waals surface area contributed by atoms with Gasteiger partial charge in [-0.25, -0.2) is 14.5 Å². The van der Waals surface area contributed by atoms with Gasteiger partial charge in [-0.2, -0.15) is 0 Å². The van der Waals surface area contributed by atoms with Gasteiger partial charge in [0.05, 0.1) is 12.3 Å². The minimum atomic E-state index is -0.465. The number of imidazole rings is 1. The van der Waals surface area contributed by atoms with E-state index in [9.17, 15) is 9.59 Å². The molecule has 0 unspecified atom stereocenters. The van der Waals surface area contributed by atoms with Crippen LogP contribution in [0.25, 0.3) is 11.2 Å². The highest BCUT2D eigenvalue weighted by molar-refractivity contribution is 7.98. The van der Waals surface area contributed by atoms with Crippen molar-refractivity contribution in [2.45, 2.75) is 43.8 Å². The number of hydrogen-bond acceptors (Lipinski definition) is 7. The molecule has 0 aliphatic rings. The van der Waals surface area contributed by atoms with E-state index < -0.39 is 11.2 Å². The summed E-state index contributed by atoms with van der Waals surface area (Å²) in [5, 5.41) is 12.1. The first-order valence-electron chi connectivity index (χ1n) is 9.69. The maximum absolute atomic E-state index is 12.7. The van der Waals surface area contributed by atoms with Crippen LogP contribution < -0.4 is 11.2 Å². The second-order valence-electron chi connectivity index (χ2n) is 6.91. The number of hydrogen-bond donors (Lipinski definition) is 1. The summed E-state index contributed by atoms with van der Waals surface area (Å²) < 4.78 is 5.02. The number of benzene rings is 1. The number of aromatic amines is 1. The Morgan fingerprint density at radius 1 is 1.13 bits per heavy atom. The highest BCUT2D eigenvalue weighted by Crippen LogP contribution is 2.22. The second-order valence-corrected chi connectivity index (χ2v) is 7.85. The summed E-state index contributed by atoms with van der Waals surface area (Å²) in [7, 11) is 1.77. The molecular formula is C19H22N8O2S. The zero-order valence-corrected chi connectivity index (χ0v) is 17.6. The molecule has 0 bridgehead atoms. The summed E-state index contributed by atoms with van der Waals surface area (Å²) in [6.45, 7) is 3.07. The van der Waals surface area contributed by atoms with Gasteiger partial charge in [0.25, 0.3) is 5.56 Å². The summed E-state index contributed by atoms with van der Waals surface area (Å²) in [5.74, 6) is 1.19. The molecule has 3 aromatic heterocycles. The number of H-pyrrole nitrogens is 1. The first-order chi connectivity index (χ1) is 14.6. The zero-order chi connectivity index (χ0) is 21.1. The van der Waals surface area contributed by atoms with E-state index in [-0.39, 0.29) is 0 Å². The normalized spacial score (nSPS) is 11.4. The molecule has 0 spiro atoms. The fourth-order valence-corrected chi connectivity index (χ4v) is 4.07. The number of unbranched alkanes of at least 4 members (excludes halogenated alkanes) is 1. The van der Waals surface area contributed by atoms with E-state index in [1.165, 1.54) is 16.3 Å². The van der Waals surface area contributed by atoms with Gasteiger partial charge in [-0.15, -0.1) is 5.10 Å². The molecule has 0 atom stereocenters. The SMILES string of the molecule is CCCCn1c(CSc2nnnn2C)nc2c1c(=O)[nH]c(=O)n2Cc1ccccc1. The van der Waals surface area contributed by atoms with Crippen LogP contribution in [0.3, 0.4) is 0 Å². The van der Waals surface area contributed by atoms with Crippen LogP contribution in [0.4, 0.5) is 0 Å². The van der Waals surface area contributed by atoms with Gasteiger partial charge in [0.1, 0.15) is 5.82 Å². The highest BCUT2D eigenvalue weighted by Gasteiger charge is 2.19. The number of thioether (sulfide) groups is 1. The van der Waals surface area contributed by atoms with Crippen molar-refractivity contribution in [3.05, 3.63) is 62.6 Å². The Morgan fingerprint density at radius 2 is 1.93 bits per heavy atom. The molecular weight excluding hydrogens is 404 g/mol. The molecule has 10 nitrogen and oxygen atoms in total. The van der Waals surface area contributed by atoms with Crippen molar-refractivity contribution in [1.82, 2.24) is 39.3 Å². The summed E-state index contributed by atoms with van der Waals surface area (Å²) >= 11 is 1.43. The van der Waals surface area contributed by atoms with Gasteiger partial charge in [0.15, 0.2) is 11.2 Å². The number of fused-ring (bicyclic) bond motifs is 1. The largest absolute Gasteiger partial charge is 0.330 e. The van der Waals surface area contributed by atoms with Crippen molar-refractivity contribution in [3.63, 3.8) is 0 Å². The van der Waals surface area contributed by atoms with Crippen molar-refractivity contribution in [2.24, 2.45) is 7.05 Å². The van der Waals surface area contributed by atoms with Gasteiger partial charge in [-0.05, 0) is 22.4 Å². The van der Waals surface area contributed by atoms with Crippen LogP contribution in [0.15, 0.2) is 45.1 Å². The third-order valence-electron chi connectivity index (χ3n) is 4.80. The number of nitrogens with zero attached hydrogens (tertiary/aromatic N) is 7. The Balaban J connectivity index is 1.81.